The fraction of sp³-hybridized carbons (Fsp3) is 0.0455. The van der Waals surface area contributed by atoms with Crippen LogP contribution >= 0.6 is 0 Å². The summed E-state index contributed by atoms with van der Waals surface area (Å²) < 4.78 is 0. The maximum absolute atomic E-state index is 13.2. The van der Waals surface area contributed by atoms with Crippen LogP contribution in [0.15, 0.2) is 85.2 Å². The fourth-order valence-corrected chi connectivity index (χ4v) is 2.96. The summed E-state index contributed by atoms with van der Waals surface area (Å²) in [6.45, 7) is 0. The summed E-state index contributed by atoms with van der Waals surface area (Å²) in [4.78, 5) is 23.8. The Bertz CT molecular complexity index is 1060. The van der Waals surface area contributed by atoms with Crippen molar-refractivity contribution in [1.82, 2.24) is 9.97 Å². The van der Waals surface area contributed by atoms with E-state index in [0.717, 1.165) is 27.8 Å². The maximum Gasteiger partial charge on any atom is 0.258 e. The van der Waals surface area contributed by atoms with E-state index in [4.69, 9.17) is 4.98 Å². The largest absolute Gasteiger partial charge is 0.311 e. The Morgan fingerprint density at radius 2 is 1.69 bits per heavy atom. The molecule has 0 N–H and O–H groups in total. The van der Waals surface area contributed by atoms with Crippen molar-refractivity contribution in [2.45, 2.75) is 0 Å². The molecule has 0 fully saturated rings. The van der Waals surface area contributed by atoms with Crippen LogP contribution in [0.1, 0.15) is 10.4 Å². The number of anilines is 1. The van der Waals surface area contributed by atoms with Crippen molar-refractivity contribution in [2.75, 3.05) is 11.9 Å². The summed E-state index contributed by atoms with van der Waals surface area (Å²) in [5, 5.41) is 0.841. The third kappa shape index (κ3) is 2.93. The van der Waals surface area contributed by atoms with Crippen LogP contribution in [0.4, 0.5) is 5.69 Å². The number of amides is 1. The van der Waals surface area contributed by atoms with Gasteiger partial charge in [0.1, 0.15) is 0 Å². The van der Waals surface area contributed by atoms with Crippen LogP contribution < -0.4 is 4.90 Å². The number of hydrogen-bond acceptors (Lipinski definition) is 3. The van der Waals surface area contributed by atoms with Crippen LogP contribution in [0.2, 0.25) is 0 Å². The minimum Gasteiger partial charge on any atom is -0.311 e. The molecule has 0 spiro atoms. The van der Waals surface area contributed by atoms with Gasteiger partial charge in [0.2, 0.25) is 0 Å². The molecule has 4 nitrogen and oxygen atoms in total. The quantitative estimate of drug-likeness (QED) is 0.549. The molecule has 0 bridgehead atoms. The van der Waals surface area contributed by atoms with Crippen molar-refractivity contribution in [3.63, 3.8) is 0 Å². The molecule has 0 atom stereocenters. The molecule has 0 unspecified atom stereocenters. The molecule has 0 saturated heterocycles. The van der Waals surface area contributed by atoms with E-state index < -0.39 is 0 Å². The van der Waals surface area contributed by atoms with Gasteiger partial charge in [-0.05, 0) is 36.4 Å². The van der Waals surface area contributed by atoms with Crippen LogP contribution in [0, 0.1) is 0 Å². The summed E-state index contributed by atoms with van der Waals surface area (Å²) in [5.41, 5.74) is 3.89. The molecule has 2 heterocycles. The van der Waals surface area contributed by atoms with Crippen molar-refractivity contribution in [1.29, 1.82) is 0 Å². The van der Waals surface area contributed by atoms with Gasteiger partial charge in [-0.25, -0.2) is 4.98 Å². The number of rotatable bonds is 3. The van der Waals surface area contributed by atoms with Crippen molar-refractivity contribution in [3.05, 3.63) is 90.8 Å². The van der Waals surface area contributed by atoms with Gasteiger partial charge < -0.3 is 4.90 Å². The number of pyridine rings is 2. The van der Waals surface area contributed by atoms with Crippen molar-refractivity contribution in [3.8, 4) is 11.3 Å². The summed E-state index contributed by atoms with van der Waals surface area (Å²) in [7, 11) is 1.79. The molecule has 4 rings (SSSR count). The minimum absolute atomic E-state index is 0.0695. The average molecular weight is 339 g/mol. The SMILES string of the molecule is CN(C(=O)c1cc(-c2cccnc2)nc2ccccc12)c1ccccc1. The minimum atomic E-state index is -0.0695. The van der Waals surface area contributed by atoms with E-state index in [9.17, 15) is 4.79 Å². The summed E-state index contributed by atoms with van der Waals surface area (Å²) >= 11 is 0. The molecule has 0 radical (unpaired) electrons. The Kier molecular flexibility index (Phi) is 4.15. The van der Waals surface area contributed by atoms with Gasteiger partial charge >= 0.3 is 0 Å². The molecule has 126 valence electrons. The summed E-state index contributed by atoms with van der Waals surface area (Å²) in [6, 6.07) is 23.0. The predicted molar refractivity (Wildman–Crippen MR) is 104 cm³/mol. The molecule has 2 aromatic carbocycles. The lowest BCUT2D eigenvalue weighted by atomic mass is 10.0. The zero-order valence-corrected chi connectivity index (χ0v) is 14.3. The smallest absolute Gasteiger partial charge is 0.258 e. The van der Waals surface area contributed by atoms with Crippen LogP contribution in [-0.2, 0) is 0 Å². The van der Waals surface area contributed by atoms with Gasteiger partial charge in [-0.2, -0.15) is 0 Å². The van der Waals surface area contributed by atoms with E-state index in [1.54, 1.807) is 24.3 Å². The molecule has 0 saturated carbocycles. The number of benzene rings is 2. The lowest BCUT2D eigenvalue weighted by Crippen LogP contribution is -2.26. The third-order valence-corrected chi connectivity index (χ3v) is 4.35. The van der Waals surface area contributed by atoms with Crippen molar-refractivity contribution in [2.24, 2.45) is 0 Å². The second kappa shape index (κ2) is 6.76. The van der Waals surface area contributed by atoms with E-state index in [-0.39, 0.29) is 5.91 Å². The first-order valence-electron chi connectivity index (χ1n) is 8.37. The standard InChI is InChI=1S/C22H17N3O/c1-25(17-9-3-2-4-10-17)22(26)19-14-21(16-8-7-13-23-15-16)24-20-12-6-5-11-18(19)20/h2-15H,1H3. The average Bonchev–Trinajstić information content (AvgIpc) is 2.73. The Hall–Kier alpha value is -3.53. The van der Waals surface area contributed by atoms with Crippen LogP contribution in [0.5, 0.6) is 0 Å². The molecule has 0 aliphatic carbocycles. The molecular formula is C22H17N3O. The van der Waals surface area contributed by atoms with Crippen LogP contribution in [-0.4, -0.2) is 22.9 Å². The number of nitrogens with zero attached hydrogens (tertiary/aromatic N) is 3. The van der Waals surface area contributed by atoms with Gasteiger partial charge in [0.25, 0.3) is 5.91 Å². The first kappa shape index (κ1) is 16.0. The second-order valence-electron chi connectivity index (χ2n) is 6.01. The Morgan fingerprint density at radius 1 is 0.923 bits per heavy atom. The van der Waals surface area contributed by atoms with Gasteiger partial charge in [-0.1, -0.05) is 36.4 Å². The monoisotopic (exact) mass is 339 g/mol. The van der Waals surface area contributed by atoms with Gasteiger partial charge in [-0.15, -0.1) is 0 Å². The van der Waals surface area contributed by atoms with E-state index in [0.29, 0.717) is 5.56 Å². The van der Waals surface area contributed by atoms with Crippen LogP contribution in [0.3, 0.4) is 0 Å². The summed E-state index contributed by atoms with van der Waals surface area (Å²) in [6.07, 6.45) is 3.48. The zero-order chi connectivity index (χ0) is 17.9. The van der Waals surface area contributed by atoms with Gasteiger partial charge in [0.15, 0.2) is 0 Å². The highest BCUT2D eigenvalue weighted by atomic mass is 16.2. The summed E-state index contributed by atoms with van der Waals surface area (Å²) in [5.74, 6) is -0.0695. The predicted octanol–water partition coefficient (Wildman–Crippen LogP) is 4.57. The number of aromatic nitrogens is 2. The van der Waals surface area contributed by atoms with Gasteiger partial charge in [0, 0.05) is 36.1 Å². The lowest BCUT2D eigenvalue weighted by molar-refractivity contribution is 0.0994. The number of hydrogen-bond donors (Lipinski definition) is 0. The molecule has 4 aromatic rings. The molecule has 0 aliphatic heterocycles. The molecule has 0 aliphatic rings. The van der Waals surface area contributed by atoms with E-state index in [1.807, 2.05) is 72.8 Å². The highest BCUT2D eigenvalue weighted by Crippen LogP contribution is 2.26. The van der Waals surface area contributed by atoms with Crippen molar-refractivity contribution < 1.29 is 4.79 Å². The highest BCUT2D eigenvalue weighted by molar-refractivity contribution is 6.14. The van der Waals surface area contributed by atoms with E-state index in [1.165, 1.54) is 0 Å². The second-order valence-corrected chi connectivity index (χ2v) is 6.01. The highest BCUT2D eigenvalue weighted by Gasteiger charge is 2.18. The first-order chi connectivity index (χ1) is 12.7. The van der Waals surface area contributed by atoms with Crippen molar-refractivity contribution >= 4 is 22.5 Å². The number of carbonyl (C=O) groups is 1. The number of para-hydroxylation sites is 2. The molecular weight excluding hydrogens is 322 g/mol. The normalized spacial score (nSPS) is 10.7. The fourth-order valence-electron chi connectivity index (χ4n) is 2.96. The molecule has 1 amide bonds. The maximum atomic E-state index is 13.2. The molecule has 4 heteroatoms. The van der Waals surface area contributed by atoms with E-state index >= 15 is 0 Å². The number of fused-ring (bicyclic) bond motifs is 1. The Labute approximate surface area is 151 Å². The zero-order valence-electron chi connectivity index (χ0n) is 14.3. The molecule has 26 heavy (non-hydrogen) atoms. The van der Waals surface area contributed by atoms with Gasteiger partial charge in [0.05, 0.1) is 16.8 Å². The third-order valence-electron chi connectivity index (χ3n) is 4.35. The topological polar surface area (TPSA) is 46.1 Å². The van der Waals surface area contributed by atoms with Gasteiger partial charge in [-0.3, -0.25) is 9.78 Å². The lowest BCUT2D eigenvalue weighted by Gasteiger charge is -2.19. The molecule has 2 aromatic heterocycles. The van der Waals surface area contributed by atoms with E-state index in [2.05, 4.69) is 4.98 Å². The Morgan fingerprint density at radius 3 is 2.46 bits per heavy atom. The van der Waals surface area contributed by atoms with Crippen LogP contribution in [0.25, 0.3) is 22.2 Å². The first-order valence-corrected chi connectivity index (χ1v) is 8.37. The number of carbonyl (C=O) groups excluding carboxylic acids is 1. The Balaban J connectivity index is 1.87.